The van der Waals surface area contributed by atoms with Gasteiger partial charge in [0.25, 0.3) is 11.1 Å². The van der Waals surface area contributed by atoms with Crippen molar-refractivity contribution in [3.05, 3.63) is 106 Å². The zero-order chi connectivity index (χ0) is 23.7. The van der Waals surface area contributed by atoms with Crippen LogP contribution in [0.25, 0.3) is 76.5 Å². The molecule has 0 saturated carbocycles. The van der Waals surface area contributed by atoms with Gasteiger partial charge >= 0.3 is 0 Å². The Hall–Kier alpha value is -5.10. The summed E-state index contributed by atoms with van der Waals surface area (Å²) in [5, 5.41) is 6.52. The lowest BCUT2D eigenvalue weighted by atomic mass is 9.96. The maximum absolute atomic E-state index is 13.9. The van der Waals surface area contributed by atoms with Gasteiger partial charge in [0.05, 0.1) is 22.1 Å². The van der Waals surface area contributed by atoms with E-state index < -0.39 is 0 Å². The molecule has 4 heterocycles. The fourth-order valence-electron chi connectivity index (χ4n) is 6.03. The molecule has 0 saturated heterocycles. The number of aromatic nitrogens is 4. The van der Waals surface area contributed by atoms with E-state index in [1.165, 1.54) is 0 Å². The van der Waals surface area contributed by atoms with Gasteiger partial charge in [-0.25, -0.2) is 9.97 Å². The lowest BCUT2D eigenvalue weighted by Gasteiger charge is -2.12. The largest absolute Gasteiger partial charge is 0.268 e. The maximum Gasteiger partial charge on any atom is 0.264 e. The minimum absolute atomic E-state index is 0.132. The summed E-state index contributed by atoms with van der Waals surface area (Å²) in [6, 6.07) is 27.4. The van der Waals surface area contributed by atoms with Gasteiger partial charge in [-0.3, -0.25) is 18.4 Å². The Kier molecular flexibility index (Phi) is 3.01. The number of hydrogen-bond donors (Lipinski definition) is 0. The van der Waals surface area contributed by atoms with Crippen LogP contribution in [-0.2, 0) is 0 Å². The van der Waals surface area contributed by atoms with Crippen LogP contribution in [0.4, 0.5) is 0 Å². The fraction of sp³-hybridized carbons (Fsp3) is 0. The van der Waals surface area contributed by atoms with E-state index in [-0.39, 0.29) is 11.1 Å². The highest BCUT2D eigenvalue weighted by Crippen LogP contribution is 2.37. The van der Waals surface area contributed by atoms with E-state index in [9.17, 15) is 9.59 Å². The molecule has 0 unspecified atom stereocenters. The third-order valence-corrected chi connectivity index (χ3v) is 7.59. The van der Waals surface area contributed by atoms with Crippen molar-refractivity contribution in [2.75, 3.05) is 0 Å². The summed E-state index contributed by atoms with van der Waals surface area (Å²) in [5.74, 6) is 0. The number of benzene rings is 5. The number of para-hydroxylation sites is 2. The van der Waals surface area contributed by atoms with Gasteiger partial charge in [0.2, 0.25) is 0 Å². The van der Waals surface area contributed by atoms with Gasteiger partial charge in [0.15, 0.2) is 0 Å². The molecule has 0 amide bonds. The molecule has 4 aromatic heterocycles. The topological polar surface area (TPSA) is 68.7 Å². The van der Waals surface area contributed by atoms with Crippen molar-refractivity contribution >= 4 is 76.5 Å². The fourth-order valence-corrected chi connectivity index (χ4v) is 6.03. The molecule has 6 heteroatoms. The van der Waals surface area contributed by atoms with Crippen LogP contribution in [0.3, 0.4) is 0 Å². The van der Waals surface area contributed by atoms with Crippen LogP contribution in [0.5, 0.6) is 0 Å². The van der Waals surface area contributed by atoms with Crippen LogP contribution < -0.4 is 11.1 Å². The summed E-state index contributed by atoms with van der Waals surface area (Å²) in [7, 11) is 0. The molecule has 0 atom stereocenters. The van der Waals surface area contributed by atoms with E-state index in [1.807, 2.05) is 84.9 Å². The zero-order valence-electron chi connectivity index (χ0n) is 18.7. The number of hydrogen-bond acceptors (Lipinski definition) is 4. The summed E-state index contributed by atoms with van der Waals surface area (Å²) in [4.78, 5) is 37.3. The first-order valence-corrected chi connectivity index (χ1v) is 11.8. The van der Waals surface area contributed by atoms with E-state index in [0.29, 0.717) is 22.1 Å². The van der Waals surface area contributed by atoms with Crippen molar-refractivity contribution in [3.8, 4) is 0 Å². The summed E-state index contributed by atoms with van der Waals surface area (Å²) >= 11 is 0. The molecule has 6 nitrogen and oxygen atoms in total. The van der Waals surface area contributed by atoms with Crippen molar-refractivity contribution in [2.24, 2.45) is 0 Å². The Morgan fingerprint density at radius 3 is 1.72 bits per heavy atom. The number of imidazole rings is 2. The molecule has 0 spiro atoms. The van der Waals surface area contributed by atoms with Gasteiger partial charge in [0.1, 0.15) is 11.3 Å². The molecule has 5 aromatic carbocycles. The Balaban J connectivity index is 1.57. The first-order chi connectivity index (χ1) is 17.7. The normalized spacial score (nSPS) is 12.7. The van der Waals surface area contributed by atoms with Crippen molar-refractivity contribution in [2.45, 2.75) is 0 Å². The van der Waals surface area contributed by atoms with Gasteiger partial charge in [0, 0.05) is 32.3 Å². The second-order valence-corrected chi connectivity index (χ2v) is 9.40. The van der Waals surface area contributed by atoms with Gasteiger partial charge in [-0.05, 0) is 59.3 Å². The zero-order valence-corrected chi connectivity index (χ0v) is 18.7. The van der Waals surface area contributed by atoms with E-state index in [0.717, 1.165) is 54.4 Å². The molecule has 0 bridgehead atoms. The number of rotatable bonds is 0. The van der Waals surface area contributed by atoms with E-state index >= 15 is 0 Å². The summed E-state index contributed by atoms with van der Waals surface area (Å²) in [6.45, 7) is 0. The van der Waals surface area contributed by atoms with Crippen LogP contribution in [0, 0.1) is 0 Å². The molecule has 0 aliphatic rings. The van der Waals surface area contributed by atoms with Crippen LogP contribution >= 0.6 is 0 Å². The average molecular weight is 462 g/mol. The highest BCUT2D eigenvalue weighted by Gasteiger charge is 2.22. The second kappa shape index (κ2) is 5.93. The lowest BCUT2D eigenvalue weighted by molar-refractivity contribution is 1.18. The molecule has 0 aliphatic heterocycles. The van der Waals surface area contributed by atoms with E-state index in [4.69, 9.17) is 9.97 Å². The molecular formula is C30H14N4O2. The van der Waals surface area contributed by atoms with Crippen molar-refractivity contribution in [1.29, 1.82) is 0 Å². The van der Waals surface area contributed by atoms with Gasteiger partial charge in [-0.2, -0.15) is 0 Å². The molecule has 36 heavy (non-hydrogen) atoms. The standard InChI is InChI=1S/C30H14N4O2/c35-29-19-11-10-18-26-20(12-9-17(25(19)26)27-31-21-7-3-4-8-23(21)33(27)29)30(36)34-24-14-16-6-2-1-5-15(16)13-22(24)32-28(18)34/h1-14H. The van der Waals surface area contributed by atoms with Crippen LogP contribution in [0.15, 0.2) is 94.5 Å². The van der Waals surface area contributed by atoms with Gasteiger partial charge < -0.3 is 0 Å². The van der Waals surface area contributed by atoms with Crippen molar-refractivity contribution in [1.82, 2.24) is 18.8 Å². The molecular weight excluding hydrogens is 448 g/mol. The number of fused-ring (bicyclic) bond motifs is 9. The van der Waals surface area contributed by atoms with Crippen molar-refractivity contribution < 1.29 is 0 Å². The van der Waals surface area contributed by atoms with Crippen LogP contribution in [0.2, 0.25) is 0 Å². The van der Waals surface area contributed by atoms with Crippen LogP contribution in [-0.4, -0.2) is 18.8 Å². The third-order valence-electron chi connectivity index (χ3n) is 7.59. The van der Waals surface area contributed by atoms with Crippen molar-refractivity contribution in [3.63, 3.8) is 0 Å². The van der Waals surface area contributed by atoms with Gasteiger partial charge in [-0.1, -0.05) is 36.4 Å². The van der Waals surface area contributed by atoms with E-state index in [2.05, 4.69) is 0 Å². The lowest BCUT2D eigenvalue weighted by Crippen LogP contribution is -2.16. The summed E-state index contributed by atoms with van der Waals surface area (Å²) < 4.78 is 3.39. The first kappa shape index (κ1) is 18.3. The quantitative estimate of drug-likeness (QED) is 0.279. The Morgan fingerprint density at radius 1 is 0.500 bits per heavy atom. The van der Waals surface area contributed by atoms with Crippen LogP contribution in [0.1, 0.15) is 0 Å². The molecule has 0 N–H and O–H groups in total. The summed E-state index contributed by atoms with van der Waals surface area (Å²) in [5.41, 5.74) is 4.05. The Bertz CT molecular complexity index is 2520. The molecule has 0 aliphatic carbocycles. The predicted octanol–water partition coefficient (Wildman–Crippen LogP) is 5.50. The average Bonchev–Trinajstić information content (AvgIpc) is 3.48. The maximum atomic E-state index is 13.9. The monoisotopic (exact) mass is 462 g/mol. The minimum atomic E-state index is -0.134. The third kappa shape index (κ3) is 1.97. The molecule has 9 aromatic rings. The van der Waals surface area contributed by atoms with Gasteiger partial charge in [-0.15, -0.1) is 0 Å². The van der Waals surface area contributed by atoms with E-state index in [1.54, 1.807) is 8.80 Å². The molecule has 0 radical (unpaired) electrons. The SMILES string of the molecule is O=c1c2ccc3c4c(ccc(c24)c2nc4ccccc4n12)c(=O)n1c2cc4ccccc4cc2nc31. The Labute approximate surface area is 200 Å². The number of pyridine rings is 2. The molecule has 0 fully saturated rings. The molecule has 9 rings (SSSR count). The Morgan fingerprint density at radius 2 is 1.03 bits per heavy atom. The smallest absolute Gasteiger partial charge is 0.264 e. The summed E-state index contributed by atoms with van der Waals surface area (Å²) in [6.07, 6.45) is 0. The highest BCUT2D eigenvalue weighted by molar-refractivity contribution is 6.27. The highest BCUT2D eigenvalue weighted by atomic mass is 16.1. The first-order valence-electron chi connectivity index (χ1n) is 11.8. The predicted molar refractivity (Wildman–Crippen MR) is 144 cm³/mol. The number of nitrogens with zero attached hydrogens (tertiary/aromatic N) is 4. The molecule has 166 valence electrons. The minimum Gasteiger partial charge on any atom is -0.268 e. The second-order valence-electron chi connectivity index (χ2n) is 9.40.